The summed E-state index contributed by atoms with van der Waals surface area (Å²) < 4.78 is 18.1. The Labute approximate surface area is 156 Å². The molecule has 0 aliphatic carbocycles. The summed E-state index contributed by atoms with van der Waals surface area (Å²) in [5, 5.41) is 2.76. The summed E-state index contributed by atoms with van der Waals surface area (Å²) in [5.41, 5.74) is 2.63. The van der Waals surface area contributed by atoms with Crippen molar-refractivity contribution in [3.8, 4) is 0 Å². The quantitative estimate of drug-likeness (QED) is 0.734. The molecule has 1 heterocycles. The Hall–Kier alpha value is -3.41. The molecule has 1 aromatic heterocycles. The molecular formula is C21H19FN2O3. The van der Waals surface area contributed by atoms with Crippen LogP contribution in [0.4, 0.5) is 10.1 Å². The van der Waals surface area contributed by atoms with E-state index in [9.17, 15) is 14.0 Å². The third kappa shape index (κ3) is 4.41. The number of nitrogens with one attached hydrogen (secondary N) is 1. The number of hydrogen-bond donors (Lipinski definition) is 1. The van der Waals surface area contributed by atoms with Gasteiger partial charge in [-0.2, -0.15) is 0 Å². The van der Waals surface area contributed by atoms with Crippen LogP contribution < -0.4 is 5.32 Å². The second-order valence-corrected chi connectivity index (χ2v) is 6.25. The predicted octanol–water partition coefficient (Wildman–Crippen LogP) is 4.25. The first kappa shape index (κ1) is 18.4. The maximum atomic E-state index is 13.0. The van der Waals surface area contributed by atoms with Crippen LogP contribution >= 0.6 is 0 Å². The lowest BCUT2D eigenvalue weighted by molar-refractivity contribution is 0.0784. The van der Waals surface area contributed by atoms with E-state index in [0.29, 0.717) is 17.8 Å². The van der Waals surface area contributed by atoms with Crippen molar-refractivity contribution in [1.29, 1.82) is 0 Å². The van der Waals surface area contributed by atoms with Crippen molar-refractivity contribution in [2.24, 2.45) is 0 Å². The molecule has 0 spiro atoms. The Morgan fingerprint density at radius 3 is 2.52 bits per heavy atom. The highest BCUT2D eigenvalue weighted by Crippen LogP contribution is 2.20. The normalized spacial score (nSPS) is 10.5. The lowest BCUT2D eigenvalue weighted by Gasteiger charge is -2.18. The first-order valence-corrected chi connectivity index (χ1v) is 8.39. The largest absolute Gasteiger partial charge is 0.459 e. The first-order valence-electron chi connectivity index (χ1n) is 8.39. The van der Waals surface area contributed by atoms with Crippen LogP contribution in [-0.4, -0.2) is 23.8 Å². The number of anilines is 1. The molecule has 0 unspecified atom stereocenters. The average Bonchev–Trinajstić information content (AvgIpc) is 3.19. The van der Waals surface area contributed by atoms with Gasteiger partial charge in [0.1, 0.15) is 5.82 Å². The van der Waals surface area contributed by atoms with Crippen molar-refractivity contribution in [2.45, 2.75) is 13.5 Å². The molecule has 0 bridgehead atoms. The Kier molecular flexibility index (Phi) is 5.35. The maximum Gasteiger partial charge on any atom is 0.291 e. The molecule has 0 aliphatic rings. The standard InChI is InChI=1S/C21H19FN2O3/c1-14-5-8-16(12-18(14)23-20(25)19-4-3-11-27-19)21(26)24(2)13-15-6-9-17(22)10-7-15/h3-12H,13H2,1-2H3,(H,23,25). The monoisotopic (exact) mass is 366 g/mol. The van der Waals surface area contributed by atoms with Crippen molar-refractivity contribution >= 4 is 17.5 Å². The van der Waals surface area contributed by atoms with Crippen molar-refractivity contribution < 1.29 is 18.4 Å². The van der Waals surface area contributed by atoms with E-state index >= 15 is 0 Å². The summed E-state index contributed by atoms with van der Waals surface area (Å²) in [7, 11) is 1.67. The fourth-order valence-electron chi connectivity index (χ4n) is 2.64. The highest BCUT2D eigenvalue weighted by molar-refractivity contribution is 6.03. The molecule has 3 aromatic rings. The van der Waals surface area contributed by atoms with E-state index in [1.807, 2.05) is 6.92 Å². The third-order valence-electron chi connectivity index (χ3n) is 4.16. The van der Waals surface area contributed by atoms with Crippen LogP contribution in [0, 0.1) is 12.7 Å². The van der Waals surface area contributed by atoms with Gasteiger partial charge >= 0.3 is 0 Å². The Bertz CT molecular complexity index is 950. The van der Waals surface area contributed by atoms with E-state index < -0.39 is 0 Å². The summed E-state index contributed by atoms with van der Waals surface area (Å²) in [5.74, 6) is -0.706. The zero-order valence-corrected chi connectivity index (χ0v) is 15.0. The minimum atomic E-state index is -0.382. The van der Waals surface area contributed by atoms with Gasteiger partial charge in [0.25, 0.3) is 11.8 Å². The third-order valence-corrected chi connectivity index (χ3v) is 4.16. The fourth-order valence-corrected chi connectivity index (χ4v) is 2.64. The number of aryl methyl sites for hydroxylation is 1. The van der Waals surface area contributed by atoms with Gasteiger partial charge in [-0.3, -0.25) is 9.59 Å². The number of benzene rings is 2. The number of carbonyl (C=O) groups is 2. The Balaban J connectivity index is 1.74. The van der Waals surface area contributed by atoms with E-state index in [4.69, 9.17) is 4.42 Å². The zero-order valence-electron chi connectivity index (χ0n) is 15.0. The molecule has 6 heteroatoms. The molecular weight excluding hydrogens is 347 g/mol. The van der Waals surface area contributed by atoms with Crippen molar-refractivity contribution in [3.05, 3.63) is 89.1 Å². The minimum Gasteiger partial charge on any atom is -0.459 e. The van der Waals surface area contributed by atoms with Crippen molar-refractivity contribution in [3.63, 3.8) is 0 Å². The molecule has 2 amide bonds. The molecule has 0 aliphatic heterocycles. The second-order valence-electron chi connectivity index (χ2n) is 6.25. The predicted molar refractivity (Wildman–Crippen MR) is 100 cm³/mol. The van der Waals surface area contributed by atoms with Gasteiger partial charge in [-0.15, -0.1) is 0 Å². The van der Waals surface area contributed by atoms with Crippen LogP contribution in [0.5, 0.6) is 0 Å². The maximum absolute atomic E-state index is 13.0. The minimum absolute atomic E-state index is 0.194. The first-order chi connectivity index (χ1) is 12.9. The van der Waals surface area contributed by atoms with E-state index in [0.717, 1.165) is 11.1 Å². The fraction of sp³-hybridized carbons (Fsp3) is 0.143. The van der Waals surface area contributed by atoms with Crippen LogP contribution in [0.15, 0.2) is 65.3 Å². The lowest BCUT2D eigenvalue weighted by Crippen LogP contribution is -2.26. The Morgan fingerprint density at radius 2 is 1.85 bits per heavy atom. The average molecular weight is 366 g/mol. The van der Waals surface area contributed by atoms with Gasteiger partial charge in [-0.25, -0.2) is 4.39 Å². The Morgan fingerprint density at radius 1 is 1.11 bits per heavy atom. The summed E-state index contributed by atoms with van der Waals surface area (Å²) >= 11 is 0. The number of rotatable bonds is 5. The van der Waals surface area contributed by atoms with Gasteiger partial charge in [-0.1, -0.05) is 18.2 Å². The van der Waals surface area contributed by atoms with Crippen LogP contribution in [-0.2, 0) is 6.54 Å². The molecule has 5 nitrogen and oxygen atoms in total. The SMILES string of the molecule is Cc1ccc(C(=O)N(C)Cc2ccc(F)cc2)cc1NC(=O)c1ccco1. The molecule has 0 radical (unpaired) electrons. The highest BCUT2D eigenvalue weighted by atomic mass is 19.1. The molecule has 138 valence electrons. The van der Waals surface area contributed by atoms with Crippen LogP contribution in [0.3, 0.4) is 0 Å². The second kappa shape index (κ2) is 7.86. The van der Waals surface area contributed by atoms with E-state index in [-0.39, 0.29) is 23.4 Å². The smallest absolute Gasteiger partial charge is 0.291 e. The molecule has 27 heavy (non-hydrogen) atoms. The van der Waals surface area contributed by atoms with Gasteiger partial charge < -0.3 is 14.6 Å². The molecule has 0 atom stereocenters. The molecule has 0 fully saturated rings. The van der Waals surface area contributed by atoms with Crippen LogP contribution in [0.25, 0.3) is 0 Å². The topological polar surface area (TPSA) is 62.6 Å². The van der Waals surface area contributed by atoms with Crippen molar-refractivity contribution in [1.82, 2.24) is 4.90 Å². The van der Waals surface area contributed by atoms with Gasteiger partial charge in [0.15, 0.2) is 5.76 Å². The molecule has 1 N–H and O–H groups in total. The summed E-state index contributed by atoms with van der Waals surface area (Å²) in [6.07, 6.45) is 1.42. The number of nitrogens with zero attached hydrogens (tertiary/aromatic N) is 1. The number of hydrogen-bond acceptors (Lipinski definition) is 3. The molecule has 2 aromatic carbocycles. The molecule has 3 rings (SSSR count). The van der Waals surface area contributed by atoms with Crippen molar-refractivity contribution in [2.75, 3.05) is 12.4 Å². The molecule has 0 saturated heterocycles. The number of halogens is 1. The van der Waals surface area contributed by atoms with E-state index in [2.05, 4.69) is 5.32 Å². The number of amides is 2. The highest BCUT2D eigenvalue weighted by Gasteiger charge is 2.16. The van der Waals surface area contributed by atoms with Gasteiger partial charge in [0, 0.05) is 24.8 Å². The van der Waals surface area contributed by atoms with Crippen LogP contribution in [0.2, 0.25) is 0 Å². The zero-order chi connectivity index (χ0) is 19.4. The van der Waals surface area contributed by atoms with Gasteiger partial charge in [-0.05, 0) is 54.4 Å². The van der Waals surface area contributed by atoms with E-state index in [1.54, 1.807) is 49.5 Å². The van der Waals surface area contributed by atoms with Gasteiger partial charge in [0.2, 0.25) is 0 Å². The summed E-state index contributed by atoms with van der Waals surface area (Å²) in [6.45, 7) is 2.19. The molecule has 0 saturated carbocycles. The van der Waals surface area contributed by atoms with E-state index in [1.165, 1.54) is 23.3 Å². The summed E-state index contributed by atoms with van der Waals surface area (Å²) in [4.78, 5) is 26.4. The van der Waals surface area contributed by atoms with Crippen LogP contribution in [0.1, 0.15) is 32.0 Å². The van der Waals surface area contributed by atoms with Gasteiger partial charge in [0.05, 0.1) is 6.26 Å². The summed E-state index contributed by atoms with van der Waals surface area (Å²) in [6, 6.07) is 14.3. The number of carbonyl (C=O) groups excluding carboxylic acids is 2. The lowest BCUT2D eigenvalue weighted by atomic mass is 10.1. The number of furan rings is 1.